The van der Waals surface area contributed by atoms with Crippen molar-refractivity contribution in [3.05, 3.63) is 12.2 Å². The standard InChI is InChI=1S/C15H26O3/c1-14-15(16)18-13-11-9-7-5-3-2-4-6-8-10-12-17-14/h8,10,14H,2-7,9,11-13H2,1H3/b10-8-/t14-/m1/s1. The average Bonchev–Trinajstić information content (AvgIpc) is 2.37. The van der Waals surface area contributed by atoms with E-state index in [1.165, 1.54) is 32.1 Å². The van der Waals surface area contributed by atoms with Crippen molar-refractivity contribution in [1.29, 1.82) is 0 Å². The van der Waals surface area contributed by atoms with Crippen molar-refractivity contribution < 1.29 is 14.3 Å². The van der Waals surface area contributed by atoms with Crippen LogP contribution in [0.3, 0.4) is 0 Å². The predicted molar refractivity (Wildman–Crippen MR) is 72.4 cm³/mol. The fourth-order valence-corrected chi connectivity index (χ4v) is 1.99. The lowest BCUT2D eigenvalue weighted by Gasteiger charge is -2.11. The SMILES string of the molecule is C[C@H]1OC/C=C\CCCCCCCCCOC1=O. The van der Waals surface area contributed by atoms with Gasteiger partial charge in [-0.15, -0.1) is 0 Å². The molecule has 0 spiro atoms. The van der Waals surface area contributed by atoms with Gasteiger partial charge < -0.3 is 9.47 Å². The van der Waals surface area contributed by atoms with Crippen LogP contribution < -0.4 is 0 Å². The first-order valence-corrected chi connectivity index (χ1v) is 7.24. The van der Waals surface area contributed by atoms with Gasteiger partial charge in [0.15, 0.2) is 6.10 Å². The van der Waals surface area contributed by atoms with Crippen LogP contribution in [0.5, 0.6) is 0 Å². The first kappa shape index (κ1) is 15.2. The van der Waals surface area contributed by atoms with E-state index in [9.17, 15) is 4.79 Å². The molecule has 18 heavy (non-hydrogen) atoms. The molecular formula is C15H26O3. The molecule has 1 aliphatic rings. The minimum absolute atomic E-state index is 0.240. The van der Waals surface area contributed by atoms with E-state index in [0.717, 1.165) is 19.3 Å². The summed E-state index contributed by atoms with van der Waals surface area (Å²) in [6, 6.07) is 0. The van der Waals surface area contributed by atoms with Crippen molar-refractivity contribution >= 4 is 5.97 Å². The van der Waals surface area contributed by atoms with E-state index in [1.807, 2.05) is 6.08 Å². The van der Waals surface area contributed by atoms with Gasteiger partial charge in [-0.2, -0.15) is 0 Å². The minimum atomic E-state index is -0.456. The number of esters is 1. The van der Waals surface area contributed by atoms with Crippen molar-refractivity contribution in [3.63, 3.8) is 0 Å². The van der Waals surface area contributed by atoms with E-state index >= 15 is 0 Å². The van der Waals surface area contributed by atoms with Gasteiger partial charge in [-0.05, 0) is 26.2 Å². The highest BCUT2D eigenvalue weighted by Gasteiger charge is 2.13. The van der Waals surface area contributed by atoms with Crippen LogP contribution in [0.2, 0.25) is 0 Å². The first-order chi connectivity index (χ1) is 8.80. The number of carbonyl (C=O) groups is 1. The van der Waals surface area contributed by atoms with Gasteiger partial charge in [-0.1, -0.05) is 44.3 Å². The Morgan fingerprint density at radius 1 is 1.00 bits per heavy atom. The summed E-state index contributed by atoms with van der Waals surface area (Å²) >= 11 is 0. The molecular weight excluding hydrogens is 228 g/mol. The molecule has 0 fully saturated rings. The Morgan fingerprint density at radius 2 is 1.67 bits per heavy atom. The number of hydrogen-bond acceptors (Lipinski definition) is 3. The van der Waals surface area contributed by atoms with Crippen LogP contribution in [0.4, 0.5) is 0 Å². The molecule has 0 saturated carbocycles. The molecule has 104 valence electrons. The van der Waals surface area contributed by atoms with Crippen LogP contribution in [0.15, 0.2) is 12.2 Å². The van der Waals surface area contributed by atoms with Crippen LogP contribution >= 0.6 is 0 Å². The second-order valence-corrected chi connectivity index (χ2v) is 4.88. The van der Waals surface area contributed by atoms with Gasteiger partial charge in [0.25, 0.3) is 0 Å². The second kappa shape index (κ2) is 10.1. The maximum Gasteiger partial charge on any atom is 0.334 e. The summed E-state index contributed by atoms with van der Waals surface area (Å²) in [5.74, 6) is -0.240. The fourth-order valence-electron chi connectivity index (χ4n) is 1.99. The van der Waals surface area contributed by atoms with E-state index in [0.29, 0.717) is 13.2 Å². The second-order valence-electron chi connectivity index (χ2n) is 4.88. The number of carbonyl (C=O) groups excluding carboxylic acids is 1. The van der Waals surface area contributed by atoms with E-state index in [2.05, 4.69) is 6.08 Å². The first-order valence-electron chi connectivity index (χ1n) is 7.24. The molecule has 0 unspecified atom stereocenters. The van der Waals surface area contributed by atoms with Crippen LogP contribution in [-0.2, 0) is 14.3 Å². The molecule has 1 atom stereocenters. The number of hydrogen-bond donors (Lipinski definition) is 0. The quantitative estimate of drug-likeness (QED) is 0.489. The van der Waals surface area contributed by atoms with Crippen molar-refractivity contribution in [3.8, 4) is 0 Å². The third-order valence-electron chi connectivity index (χ3n) is 3.20. The molecule has 3 nitrogen and oxygen atoms in total. The Morgan fingerprint density at radius 3 is 2.44 bits per heavy atom. The highest BCUT2D eigenvalue weighted by atomic mass is 16.6. The molecule has 0 aromatic heterocycles. The lowest BCUT2D eigenvalue weighted by Crippen LogP contribution is -2.23. The van der Waals surface area contributed by atoms with Gasteiger partial charge in [-0.25, -0.2) is 4.79 Å². The molecule has 0 aromatic rings. The summed E-state index contributed by atoms with van der Waals surface area (Å²) in [7, 11) is 0. The van der Waals surface area contributed by atoms with Gasteiger partial charge >= 0.3 is 5.97 Å². The number of ether oxygens (including phenoxy) is 2. The monoisotopic (exact) mass is 254 g/mol. The van der Waals surface area contributed by atoms with E-state index in [4.69, 9.17) is 9.47 Å². The molecule has 3 heteroatoms. The third-order valence-corrected chi connectivity index (χ3v) is 3.20. The summed E-state index contributed by atoms with van der Waals surface area (Å²) in [4.78, 5) is 11.5. The van der Waals surface area contributed by atoms with Crippen molar-refractivity contribution in [2.75, 3.05) is 13.2 Å². The summed E-state index contributed by atoms with van der Waals surface area (Å²) in [5, 5.41) is 0. The lowest BCUT2D eigenvalue weighted by atomic mass is 10.1. The van der Waals surface area contributed by atoms with Crippen LogP contribution in [0, 0.1) is 0 Å². The van der Waals surface area contributed by atoms with E-state index in [-0.39, 0.29) is 5.97 Å². The molecule has 1 rings (SSSR count). The highest BCUT2D eigenvalue weighted by molar-refractivity contribution is 5.74. The summed E-state index contributed by atoms with van der Waals surface area (Å²) in [5.41, 5.74) is 0. The molecule has 0 aliphatic carbocycles. The van der Waals surface area contributed by atoms with Crippen molar-refractivity contribution in [2.24, 2.45) is 0 Å². The van der Waals surface area contributed by atoms with Crippen LogP contribution in [0.25, 0.3) is 0 Å². The van der Waals surface area contributed by atoms with Gasteiger partial charge in [0, 0.05) is 0 Å². The van der Waals surface area contributed by atoms with Gasteiger partial charge in [0.05, 0.1) is 13.2 Å². The molecule has 0 aromatic carbocycles. The summed E-state index contributed by atoms with van der Waals surface area (Å²) < 4.78 is 10.6. The Hall–Kier alpha value is -0.830. The Bertz CT molecular complexity index is 248. The lowest BCUT2D eigenvalue weighted by molar-refractivity contribution is -0.155. The number of rotatable bonds is 0. The Balaban J connectivity index is 2.29. The fraction of sp³-hybridized carbons (Fsp3) is 0.800. The summed E-state index contributed by atoms with van der Waals surface area (Å²) in [6.45, 7) is 2.78. The molecule has 0 radical (unpaired) electrons. The molecule has 1 heterocycles. The molecule has 1 aliphatic heterocycles. The van der Waals surface area contributed by atoms with Gasteiger partial charge in [0.1, 0.15) is 0 Å². The molecule has 0 amide bonds. The summed E-state index contributed by atoms with van der Waals surface area (Å²) in [6.07, 6.45) is 13.4. The maximum atomic E-state index is 11.5. The van der Waals surface area contributed by atoms with Crippen molar-refractivity contribution in [1.82, 2.24) is 0 Å². The molecule has 0 bridgehead atoms. The van der Waals surface area contributed by atoms with Crippen LogP contribution in [-0.4, -0.2) is 25.3 Å². The predicted octanol–water partition coefficient (Wildman–Crippen LogP) is 3.63. The average molecular weight is 254 g/mol. The highest BCUT2D eigenvalue weighted by Crippen LogP contribution is 2.09. The molecule has 0 saturated heterocycles. The molecule has 0 N–H and O–H groups in total. The zero-order valence-electron chi connectivity index (χ0n) is 11.5. The topological polar surface area (TPSA) is 35.5 Å². The largest absolute Gasteiger partial charge is 0.464 e. The van der Waals surface area contributed by atoms with Gasteiger partial charge in [-0.3, -0.25) is 0 Å². The Labute approximate surface area is 111 Å². The minimum Gasteiger partial charge on any atom is -0.464 e. The van der Waals surface area contributed by atoms with E-state index < -0.39 is 6.10 Å². The number of cyclic esters (lactones) is 1. The number of allylic oxidation sites excluding steroid dienone is 1. The zero-order valence-corrected chi connectivity index (χ0v) is 11.5. The van der Waals surface area contributed by atoms with Crippen molar-refractivity contribution in [2.45, 2.75) is 64.4 Å². The maximum absolute atomic E-state index is 11.5. The normalized spacial score (nSPS) is 27.4. The smallest absolute Gasteiger partial charge is 0.334 e. The Kier molecular flexibility index (Phi) is 8.57. The zero-order chi connectivity index (χ0) is 13.1. The van der Waals surface area contributed by atoms with Gasteiger partial charge in [0.2, 0.25) is 0 Å². The van der Waals surface area contributed by atoms with E-state index in [1.54, 1.807) is 6.92 Å². The van der Waals surface area contributed by atoms with Crippen LogP contribution in [0.1, 0.15) is 58.3 Å². The third kappa shape index (κ3) is 7.49.